The normalized spacial score (nSPS) is 10.7. The topological polar surface area (TPSA) is 25.8 Å². The molecule has 1 aromatic carbocycles. The average molecular weight is 308 g/mol. The quantitative estimate of drug-likeness (QED) is 0.699. The third-order valence-electron chi connectivity index (χ3n) is 1.58. The fourth-order valence-corrected chi connectivity index (χ4v) is 1.58. The second kappa shape index (κ2) is 3.34. The third kappa shape index (κ3) is 1.60. The highest BCUT2D eigenvalue weighted by molar-refractivity contribution is 14.1. The molecular weight excluding hydrogens is 305 g/mol. The summed E-state index contributed by atoms with van der Waals surface area (Å²) in [6, 6.07) is 3.34. The number of rotatable bonds is 0. The number of halogens is 3. The van der Waals surface area contributed by atoms with Gasteiger partial charge in [0.2, 0.25) is 0 Å². The van der Waals surface area contributed by atoms with Gasteiger partial charge in [-0.15, -0.1) is 0 Å². The van der Waals surface area contributed by atoms with Crippen LogP contribution in [0.2, 0.25) is 5.15 Å². The van der Waals surface area contributed by atoms with Crippen LogP contribution < -0.4 is 0 Å². The van der Waals surface area contributed by atoms with Gasteiger partial charge in [0.1, 0.15) is 10.7 Å². The molecule has 0 N–H and O–H groups in total. The zero-order chi connectivity index (χ0) is 9.42. The molecule has 2 aromatic rings. The van der Waals surface area contributed by atoms with Crippen molar-refractivity contribution in [1.29, 1.82) is 0 Å². The summed E-state index contributed by atoms with van der Waals surface area (Å²) < 4.78 is 13.9. The largest absolute Gasteiger partial charge is 0.248 e. The number of nitrogens with zero attached hydrogens (tertiary/aromatic N) is 2. The van der Waals surface area contributed by atoms with Gasteiger partial charge in [-0.3, -0.25) is 0 Å². The zero-order valence-electron chi connectivity index (χ0n) is 6.26. The van der Waals surface area contributed by atoms with Gasteiger partial charge in [-0.2, -0.15) is 0 Å². The molecule has 2 nitrogen and oxygen atoms in total. The first kappa shape index (κ1) is 9.08. The first-order valence-electron chi connectivity index (χ1n) is 3.45. The van der Waals surface area contributed by atoms with Crippen molar-refractivity contribution in [2.45, 2.75) is 0 Å². The Morgan fingerprint density at radius 3 is 2.92 bits per heavy atom. The van der Waals surface area contributed by atoms with E-state index in [1.54, 1.807) is 12.1 Å². The summed E-state index contributed by atoms with van der Waals surface area (Å²) in [5.41, 5.74) is 0.738. The molecule has 0 radical (unpaired) electrons. The Morgan fingerprint density at radius 2 is 2.15 bits per heavy atom. The van der Waals surface area contributed by atoms with E-state index in [-0.39, 0.29) is 16.5 Å². The van der Waals surface area contributed by atoms with Gasteiger partial charge in [0.15, 0.2) is 5.82 Å². The molecule has 66 valence electrons. The Morgan fingerprint density at radius 1 is 1.38 bits per heavy atom. The Labute approximate surface area is 92.3 Å². The van der Waals surface area contributed by atoms with E-state index < -0.39 is 0 Å². The first-order chi connectivity index (χ1) is 6.18. The molecule has 0 atom stereocenters. The number of hydrogen-bond donors (Lipinski definition) is 0. The summed E-state index contributed by atoms with van der Waals surface area (Å²) in [6.07, 6.45) is 1.34. The average Bonchev–Trinajstić information content (AvgIpc) is 2.12. The lowest BCUT2D eigenvalue weighted by molar-refractivity contribution is 0.629. The highest BCUT2D eigenvalue weighted by atomic mass is 127. The fourth-order valence-electron chi connectivity index (χ4n) is 1.00. The monoisotopic (exact) mass is 308 g/mol. The van der Waals surface area contributed by atoms with Crippen molar-refractivity contribution in [3.8, 4) is 0 Å². The number of aromatic nitrogens is 2. The van der Waals surface area contributed by atoms with Gasteiger partial charge in [-0.05, 0) is 34.7 Å². The van der Waals surface area contributed by atoms with Crippen molar-refractivity contribution in [3.05, 3.63) is 32.9 Å². The molecule has 2 rings (SSSR count). The maximum absolute atomic E-state index is 13.4. The summed E-state index contributed by atoms with van der Waals surface area (Å²) in [4.78, 5) is 7.80. The molecule has 0 spiro atoms. The van der Waals surface area contributed by atoms with E-state index >= 15 is 0 Å². The summed E-state index contributed by atoms with van der Waals surface area (Å²) in [6.45, 7) is 0. The lowest BCUT2D eigenvalue weighted by Gasteiger charge is -1.99. The third-order valence-corrected chi connectivity index (χ3v) is 2.59. The second-order valence-corrected chi connectivity index (χ2v) is 3.97. The molecule has 0 saturated carbocycles. The van der Waals surface area contributed by atoms with Crippen LogP contribution in [-0.4, -0.2) is 9.97 Å². The molecule has 0 saturated heterocycles. The summed E-state index contributed by atoms with van der Waals surface area (Å²) >= 11 is 7.52. The van der Waals surface area contributed by atoms with Crippen LogP contribution >= 0.6 is 34.2 Å². The summed E-state index contributed by atoms with van der Waals surface area (Å²) in [7, 11) is 0. The maximum Gasteiger partial charge on any atom is 0.164 e. The SMILES string of the molecule is Fc1c(I)ccc2nc(Cl)cnc12. The van der Waals surface area contributed by atoms with Crippen molar-refractivity contribution < 1.29 is 4.39 Å². The van der Waals surface area contributed by atoms with Gasteiger partial charge < -0.3 is 0 Å². The van der Waals surface area contributed by atoms with E-state index in [1.807, 2.05) is 22.6 Å². The summed E-state index contributed by atoms with van der Waals surface area (Å²) in [5.74, 6) is -0.345. The molecule has 0 bridgehead atoms. The van der Waals surface area contributed by atoms with Crippen molar-refractivity contribution in [2.75, 3.05) is 0 Å². The van der Waals surface area contributed by atoms with Crippen LogP contribution in [0.1, 0.15) is 0 Å². The van der Waals surface area contributed by atoms with Gasteiger partial charge in [-0.1, -0.05) is 11.6 Å². The molecule has 1 heterocycles. The molecule has 5 heteroatoms. The van der Waals surface area contributed by atoms with E-state index in [0.717, 1.165) is 0 Å². The zero-order valence-corrected chi connectivity index (χ0v) is 9.17. The molecule has 0 fully saturated rings. The molecular formula is C8H3ClFIN2. The van der Waals surface area contributed by atoms with Gasteiger partial charge in [-0.25, -0.2) is 14.4 Å². The lowest BCUT2D eigenvalue weighted by atomic mass is 10.3. The molecule has 1 aromatic heterocycles. The van der Waals surface area contributed by atoms with Crippen LogP contribution in [0.25, 0.3) is 11.0 Å². The van der Waals surface area contributed by atoms with E-state index in [1.165, 1.54) is 6.20 Å². The number of benzene rings is 1. The molecule has 13 heavy (non-hydrogen) atoms. The highest BCUT2D eigenvalue weighted by Crippen LogP contribution is 2.20. The van der Waals surface area contributed by atoms with Crippen molar-refractivity contribution in [3.63, 3.8) is 0 Å². The molecule has 0 aliphatic heterocycles. The minimum Gasteiger partial charge on any atom is -0.248 e. The molecule has 0 aliphatic rings. The van der Waals surface area contributed by atoms with Crippen LogP contribution in [0.15, 0.2) is 18.3 Å². The summed E-state index contributed by atoms with van der Waals surface area (Å²) in [5, 5.41) is 0.271. The predicted octanol–water partition coefficient (Wildman–Crippen LogP) is 3.03. The van der Waals surface area contributed by atoms with Gasteiger partial charge in [0.25, 0.3) is 0 Å². The Kier molecular flexibility index (Phi) is 2.33. The van der Waals surface area contributed by atoms with Crippen molar-refractivity contribution >= 4 is 45.2 Å². The van der Waals surface area contributed by atoms with Gasteiger partial charge in [0.05, 0.1) is 15.3 Å². The number of hydrogen-bond acceptors (Lipinski definition) is 2. The first-order valence-corrected chi connectivity index (χ1v) is 4.90. The minimum atomic E-state index is -0.345. The molecule has 0 aliphatic carbocycles. The van der Waals surface area contributed by atoms with E-state index in [2.05, 4.69) is 9.97 Å². The minimum absolute atomic E-state index is 0.260. The van der Waals surface area contributed by atoms with Crippen molar-refractivity contribution in [2.24, 2.45) is 0 Å². The Bertz CT molecular complexity index is 475. The van der Waals surface area contributed by atoms with Crippen LogP contribution in [0, 0.1) is 9.39 Å². The standard InChI is InChI=1S/C8H3ClFIN2/c9-6-3-12-8-5(13-6)2-1-4(11)7(8)10/h1-3H. The Balaban J connectivity index is 2.87. The fraction of sp³-hybridized carbons (Fsp3) is 0. The van der Waals surface area contributed by atoms with E-state index in [9.17, 15) is 4.39 Å². The van der Waals surface area contributed by atoms with Crippen LogP contribution in [0.3, 0.4) is 0 Å². The van der Waals surface area contributed by atoms with E-state index in [0.29, 0.717) is 9.09 Å². The van der Waals surface area contributed by atoms with Crippen LogP contribution in [0.5, 0.6) is 0 Å². The Hall–Kier alpha value is -0.490. The maximum atomic E-state index is 13.4. The lowest BCUT2D eigenvalue weighted by Crippen LogP contribution is -1.90. The van der Waals surface area contributed by atoms with Gasteiger partial charge >= 0.3 is 0 Å². The van der Waals surface area contributed by atoms with Crippen molar-refractivity contribution in [1.82, 2.24) is 9.97 Å². The smallest absolute Gasteiger partial charge is 0.164 e. The van der Waals surface area contributed by atoms with E-state index in [4.69, 9.17) is 11.6 Å². The molecule has 0 amide bonds. The van der Waals surface area contributed by atoms with Gasteiger partial charge in [0, 0.05) is 0 Å². The highest BCUT2D eigenvalue weighted by Gasteiger charge is 2.07. The van der Waals surface area contributed by atoms with Crippen LogP contribution in [0.4, 0.5) is 4.39 Å². The molecule has 0 unspecified atom stereocenters. The second-order valence-electron chi connectivity index (χ2n) is 2.42. The predicted molar refractivity (Wildman–Crippen MR) is 57.2 cm³/mol. The number of fused-ring (bicyclic) bond motifs is 1. The van der Waals surface area contributed by atoms with Crippen LogP contribution in [-0.2, 0) is 0 Å².